The number of fused-ring (bicyclic) bond motifs is 1. The number of hydrogen-bond acceptors (Lipinski definition) is 3. The van der Waals surface area contributed by atoms with Crippen LogP contribution in [0.15, 0.2) is 12.1 Å². The Kier molecular flexibility index (Phi) is 3.50. The molecule has 2 heterocycles. The summed E-state index contributed by atoms with van der Waals surface area (Å²) in [6, 6.07) is 3.81. The maximum absolute atomic E-state index is 12.3. The summed E-state index contributed by atoms with van der Waals surface area (Å²) in [7, 11) is 0. The van der Waals surface area contributed by atoms with E-state index in [4.69, 9.17) is 16.3 Å². The van der Waals surface area contributed by atoms with Gasteiger partial charge in [0.15, 0.2) is 0 Å². The highest BCUT2D eigenvalue weighted by atomic mass is 35.5. The van der Waals surface area contributed by atoms with Gasteiger partial charge in [-0.05, 0) is 36.7 Å². The molecular formula is C15H18ClNO2. The number of halogens is 1. The number of benzene rings is 1. The van der Waals surface area contributed by atoms with Crippen LogP contribution >= 0.6 is 11.6 Å². The molecule has 1 saturated heterocycles. The Hall–Kier alpha value is -1.06. The SMILES string of the molecule is CC(C(=O)Cc1cc(Cl)cc2c1OCC2)C1CNC1. The number of carbonyl (C=O) groups excluding carboxylic acids is 1. The quantitative estimate of drug-likeness (QED) is 0.919. The Morgan fingerprint density at radius 1 is 1.53 bits per heavy atom. The fraction of sp³-hybridized carbons (Fsp3) is 0.533. The van der Waals surface area contributed by atoms with Gasteiger partial charge in [0.05, 0.1) is 6.61 Å². The molecule has 1 fully saturated rings. The van der Waals surface area contributed by atoms with Gasteiger partial charge in [-0.25, -0.2) is 0 Å². The first-order chi connectivity index (χ1) is 9.15. The van der Waals surface area contributed by atoms with Crippen LogP contribution in [0.2, 0.25) is 5.02 Å². The van der Waals surface area contributed by atoms with Crippen LogP contribution in [0, 0.1) is 11.8 Å². The van der Waals surface area contributed by atoms with Crippen molar-refractivity contribution in [2.45, 2.75) is 19.8 Å². The molecule has 4 heteroatoms. The fourth-order valence-corrected chi connectivity index (χ4v) is 3.02. The van der Waals surface area contributed by atoms with E-state index in [1.165, 1.54) is 0 Å². The van der Waals surface area contributed by atoms with Crippen molar-refractivity contribution in [2.75, 3.05) is 19.7 Å². The van der Waals surface area contributed by atoms with Crippen LogP contribution in [0.1, 0.15) is 18.1 Å². The van der Waals surface area contributed by atoms with Crippen LogP contribution in [-0.4, -0.2) is 25.5 Å². The Morgan fingerprint density at radius 3 is 3.00 bits per heavy atom. The van der Waals surface area contributed by atoms with Crippen LogP contribution in [-0.2, 0) is 17.6 Å². The average Bonchev–Trinajstić information content (AvgIpc) is 2.74. The molecule has 2 aliphatic rings. The number of hydrogen-bond donors (Lipinski definition) is 1. The summed E-state index contributed by atoms with van der Waals surface area (Å²) in [6.45, 7) is 4.63. The summed E-state index contributed by atoms with van der Waals surface area (Å²) in [4.78, 5) is 12.3. The highest BCUT2D eigenvalue weighted by molar-refractivity contribution is 6.30. The Labute approximate surface area is 118 Å². The maximum atomic E-state index is 12.3. The van der Waals surface area contributed by atoms with E-state index in [9.17, 15) is 4.79 Å². The predicted octanol–water partition coefficient (Wildman–Crippen LogP) is 2.24. The molecule has 1 N–H and O–H groups in total. The Balaban J connectivity index is 1.77. The third-order valence-corrected chi connectivity index (χ3v) is 4.44. The first kappa shape index (κ1) is 12.9. The fourth-order valence-electron chi connectivity index (χ4n) is 2.75. The summed E-state index contributed by atoms with van der Waals surface area (Å²) in [6.07, 6.45) is 1.32. The van der Waals surface area contributed by atoms with Gasteiger partial charge >= 0.3 is 0 Å². The van der Waals surface area contributed by atoms with Crippen molar-refractivity contribution in [2.24, 2.45) is 11.8 Å². The smallest absolute Gasteiger partial charge is 0.140 e. The van der Waals surface area contributed by atoms with E-state index in [0.29, 0.717) is 24.0 Å². The topological polar surface area (TPSA) is 38.3 Å². The number of ketones is 1. The van der Waals surface area contributed by atoms with Gasteiger partial charge in [-0.1, -0.05) is 18.5 Å². The van der Waals surface area contributed by atoms with Crippen LogP contribution < -0.4 is 10.1 Å². The van der Waals surface area contributed by atoms with Gasteiger partial charge in [-0.15, -0.1) is 0 Å². The lowest BCUT2D eigenvalue weighted by atomic mass is 9.83. The number of rotatable bonds is 4. The van der Waals surface area contributed by atoms with E-state index in [2.05, 4.69) is 5.32 Å². The number of Topliss-reactive ketones (excluding diaryl/α,β-unsaturated/α-hetero) is 1. The van der Waals surface area contributed by atoms with Crippen LogP contribution in [0.3, 0.4) is 0 Å². The monoisotopic (exact) mass is 279 g/mol. The van der Waals surface area contributed by atoms with E-state index < -0.39 is 0 Å². The molecule has 0 bridgehead atoms. The second-order valence-corrected chi connectivity index (χ2v) is 5.94. The zero-order valence-corrected chi connectivity index (χ0v) is 11.8. The third kappa shape index (κ3) is 2.49. The molecule has 0 aromatic heterocycles. The summed E-state index contributed by atoms with van der Waals surface area (Å²) in [5, 5.41) is 3.91. The molecule has 3 nitrogen and oxygen atoms in total. The standard InChI is InChI=1S/C15H18ClNO2/c1-9(12-7-17-8-12)14(18)6-11-5-13(16)4-10-2-3-19-15(10)11/h4-5,9,12,17H,2-3,6-8H2,1H3. The van der Waals surface area contributed by atoms with E-state index >= 15 is 0 Å². The van der Waals surface area contributed by atoms with Crippen LogP contribution in [0.25, 0.3) is 0 Å². The molecule has 3 rings (SSSR count). The van der Waals surface area contributed by atoms with Crippen molar-refractivity contribution in [1.29, 1.82) is 0 Å². The van der Waals surface area contributed by atoms with E-state index in [1.807, 2.05) is 19.1 Å². The number of ether oxygens (including phenoxy) is 1. The molecule has 1 unspecified atom stereocenters. The zero-order chi connectivity index (χ0) is 13.4. The van der Waals surface area contributed by atoms with E-state index in [1.54, 1.807) is 0 Å². The second kappa shape index (κ2) is 5.14. The summed E-state index contributed by atoms with van der Waals surface area (Å²) in [5.41, 5.74) is 2.08. The zero-order valence-electron chi connectivity index (χ0n) is 11.0. The van der Waals surface area contributed by atoms with Crippen molar-refractivity contribution in [3.8, 4) is 5.75 Å². The van der Waals surface area contributed by atoms with E-state index in [-0.39, 0.29) is 11.7 Å². The van der Waals surface area contributed by atoms with Crippen LogP contribution in [0.4, 0.5) is 0 Å². The van der Waals surface area contributed by atoms with Crippen molar-refractivity contribution >= 4 is 17.4 Å². The number of nitrogens with one attached hydrogen (secondary N) is 1. The molecule has 1 atom stereocenters. The van der Waals surface area contributed by atoms with Gasteiger partial charge in [-0.3, -0.25) is 4.79 Å². The normalized spacial score (nSPS) is 19.5. The highest BCUT2D eigenvalue weighted by Gasteiger charge is 2.29. The number of carbonyl (C=O) groups is 1. The lowest BCUT2D eigenvalue weighted by Crippen LogP contribution is -2.47. The van der Waals surface area contributed by atoms with Crippen molar-refractivity contribution in [3.05, 3.63) is 28.3 Å². The van der Waals surface area contributed by atoms with Gasteiger partial charge in [0, 0.05) is 29.3 Å². The molecule has 2 aliphatic heterocycles. The third-order valence-electron chi connectivity index (χ3n) is 4.22. The minimum atomic E-state index is 0.109. The van der Waals surface area contributed by atoms with E-state index in [0.717, 1.165) is 36.4 Å². The highest BCUT2D eigenvalue weighted by Crippen LogP contribution is 2.34. The first-order valence-corrected chi connectivity index (χ1v) is 7.20. The molecule has 1 aromatic carbocycles. The molecule has 1 aromatic rings. The van der Waals surface area contributed by atoms with Gasteiger partial charge in [-0.2, -0.15) is 0 Å². The first-order valence-electron chi connectivity index (χ1n) is 6.82. The molecule has 0 aliphatic carbocycles. The molecule has 0 amide bonds. The maximum Gasteiger partial charge on any atom is 0.140 e. The van der Waals surface area contributed by atoms with Gasteiger partial charge in [0.2, 0.25) is 0 Å². The van der Waals surface area contributed by atoms with Crippen molar-refractivity contribution in [1.82, 2.24) is 5.32 Å². The molecule has 0 saturated carbocycles. The largest absolute Gasteiger partial charge is 0.493 e. The average molecular weight is 280 g/mol. The van der Waals surface area contributed by atoms with Gasteiger partial charge < -0.3 is 10.1 Å². The minimum Gasteiger partial charge on any atom is -0.493 e. The second-order valence-electron chi connectivity index (χ2n) is 5.50. The molecule has 19 heavy (non-hydrogen) atoms. The lowest BCUT2D eigenvalue weighted by Gasteiger charge is -2.31. The van der Waals surface area contributed by atoms with Crippen molar-refractivity contribution < 1.29 is 9.53 Å². The van der Waals surface area contributed by atoms with Crippen molar-refractivity contribution in [3.63, 3.8) is 0 Å². The summed E-state index contributed by atoms with van der Waals surface area (Å²) < 4.78 is 5.64. The summed E-state index contributed by atoms with van der Waals surface area (Å²) >= 11 is 6.12. The van der Waals surface area contributed by atoms with Gasteiger partial charge in [0.1, 0.15) is 11.5 Å². The van der Waals surface area contributed by atoms with Gasteiger partial charge in [0.25, 0.3) is 0 Å². The minimum absolute atomic E-state index is 0.109. The molecule has 102 valence electrons. The Bertz CT molecular complexity index is 511. The van der Waals surface area contributed by atoms with Crippen LogP contribution in [0.5, 0.6) is 5.75 Å². The lowest BCUT2D eigenvalue weighted by molar-refractivity contribution is -0.123. The molecule has 0 spiro atoms. The summed E-state index contributed by atoms with van der Waals surface area (Å²) in [5.74, 6) is 1.76. The Morgan fingerprint density at radius 2 is 2.32 bits per heavy atom. The molecule has 0 radical (unpaired) electrons. The predicted molar refractivity (Wildman–Crippen MR) is 74.9 cm³/mol. The molecular weight excluding hydrogens is 262 g/mol.